The van der Waals surface area contributed by atoms with Gasteiger partial charge in [-0.1, -0.05) is 12.1 Å². The number of primary amides is 1. The number of carbonyl (C=O) groups excluding carboxylic acids is 1. The molecule has 0 aliphatic heterocycles. The van der Waals surface area contributed by atoms with E-state index in [4.69, 9.17) is 5.73 Å². The Morgan fingerprint density at radius 1 is 1.27 bits per heavy atom. The lowest BCUT2D eigenvalue weighted by atomic mass is 9.98. The summed E-state index contributed by atoms with van der Waals surface area (Å²) in [5, 5.41) is 7.25. The SMILES string of the molecule is CN=C(NCCc1nc(C(F)(F)F)cs1)NCC(Cc1ccc(F)cc1)C(N)=O.I. The van der Waals surface area contributed by atoms with E-state index in [1.807, 2.05) is 0 Å². The van der Waals surface area contributed by atoms with Gasteiger partial charge in [0.25, 0.3) is 0 Å². The summed E-state index contributed by atoms with van der Waals surface area (Å²) in [6, 6.07) is 5.79. The molecule has 0 spiro atoms. The largest absolute Gasteiger partial charge is 0.434 e. The van der Waals surface area contributed by atoms with Gasteiger partial charge in [0.2, 0.25) is 5.91 Å². The average Bonchev–Trinajstić information content (AvgIpc) is 3.14. The molecular weight excluding hydrogens is 537 g/mol. The van der Waals surface area contributed by atoms with Crippen molar-refractivity contribution in [3.05, 3.63) is 51.7 Å². The molecule has 1 unspecified atom stereocenters. The van der Waals surface area contributed by atoms with Crippen molar-refractivity contribution in [3.63, 3.8) is 0 Å². The van der Waals surface area contributed by atoms with Crippen molar-refractivity contribution in [1.82, 2.24) is 15.6 Å². The van der Waals surface area contributed by atoms with Crippen LogP contribution in [0.5, 0.6) is 0 Å². The number of hydrogen-bond donors (Lipinski definition) is 3. The number of halogens is 5. The summed E-state index contributed by atoms with van der Waals surface area (Å²) in [6.07, 6.45) is -3.83. The minimum Gasteiger partial charge on any atom is -0.369 e. The fraction of sp³-hybridized carbons (Fsp3) is 0.389. The maximum absolute atomic E-state index is 13.0. The van der Waals surface area contributed by atoms with Crippen LogP contribution in [0.4, 0.5) is 17.6 Å². The Hall–Kier alpha value is -1.96. The van der Waals surface area contributed by atoms with Crippen LogP contribution in [0.25, 0.3) is 0 Å². The molecular formula is C18H22F4IN5OS. The Bertz CT molecular complexity index is 842. The topological polar surface area (TPSA) is 92.4 Å². The van der Waals surface area contributed by atoms with E-state index in [2.05, 4.69) is 20.6 Å². The van der Waals surface area contributed by atoms with Crippen molar-refractivity contribution in [2.75, 3.05) is 20.1 Å². The first-order chi connectivity index (χ1) is 13.7. The molecule has 1 amide bonds. The fourth-order valence-corrected chi connectivity index (χ4v) is 3.27. The van der Waals surface area contributed by atoms with Crippen LogP contribution in [0.2, 0.25) is 0 Å². The number of hydrogen-bond acceptors (Lipinski definition) is 4. The van der Waals surface area contributed by atoms with E-state index in [1.165, 1.54) is 19.2 Å². The highest BCUT2D eigenvalue weighted by atomic mass is 127. The van der Waals surface area contributed by atoms with E-state index >= 15 is 0 Å². The van der Waals surface area contributed by atoms with Gasteiger partial charge in [-0.25, -0.2) is 9.37 Å². The monoisotopic (exact) mass is 559 g/mol. The number of nitrogens with one attached hydrogen (secondary N) is 2. The van der Waals surface area contributed by atoms with E-state index in [9.17, 15) is 22.4 Å². The minimum atomic E-state index is -4.45. The molecule has 1 heterocycles. The number of nitrogens with zero attached hydrogens (tertiary/aromatic N) is 2. The Balaban J connectivity index is 0.00000450. The second-order valence-corrected chi connectivity index (χ2v) is 7.13. The van der Waals surface area contributed by atoms with Gasteiger partial charge in [0, 0.05) is 31.9 Å². The molecule has 0 aliphatic carbocycles. The van der Waals surface area contributed by atoms with E-state index < -0.39 is 23.7 Å². The standard InChI is InChI=1S/C18H21F4N5OS.HI/c1-24-17(25-7-6-15-27-14(10-29-15)18(20,21)22)26-9-12(16(23)28)8-11-2-4-13(19)5-3-11;/h2-5,10,12H,6-9H2,1H3,(H2,23,28)(H2,24,25,26);1H. The van der Waals surface area contributed by atoms with Gasteiger partial charge in [-0.2, -0.15) is 13.2 Å². The highest BCUT2D eigenvalue weighted by Gasteiger charge is 2.33. The maximum atomic E-state index is 13.0. The van der Waals surface area contributed by atoms with E-state index in [0.717, 1.165) is 22.3 Å². The van der Waals surface area contributed by atoms with Crippen LogP contribution in [0.3, 0.4) is 0 Å². The molecule has 2 rings (SSSR count). The number of amides is 1. The Kier molecular flexibility index (Phi) is 10.5. The summed E-state index contributed by atoms with van der Waals surface area (Å²) < 4.78 is 50.7. The molecule has 0 saturated heterocycles. The Labute approximate surface area is 192 Å². The van der Waals surface area contributed by atoms with Crippen LogP contribution in [0, 0.1) is 11.7 Å². The number of carbonyl (C=O) groups is 1. The highest BCUT2D eigenvalue weighted by Crippen LogP contribution is 2.29. The van der Waals surface area contributed by atoms with Gasteiger partial charge in [0.05, 0.1) is 10.9 Å². The molecule has 2 aromatic rings. The lowest BCUT2D eigenvalue weighted by Gasteiger charge is -2.17. The molecule has 30 heavy (non-hydrogen) atoms. The molecule has 1 aromatic carbocycles. The summed E-state index contributed by atoms with van der Waals surface area (Å²) in [4.78, 5) is 19.3. The molecule has 4 N–H and O–H groups in total. The molecule has 166 valence electrons. The van der Waals surface area contributed by atoms with Crippen LogP contribution < -0.4 is 16.4 Å². The van der Waals surface area contributed by atoms with Gasteiger partial charge in [-0.15, -0.1) is 35.3 Å². The quantitative estimate of drug-likeness (QED) is 0.201. The van der Waals surface area contributed by atoms with Crippen molar-refractivity contribution in [2.45, 2.75) is 19.0 Å². The summed E-state index contributed by atoms with van der Waals surface area (Å²) >= 11 is 0.941. The Morgan fingerprint density at radius 2 is 1.93 bits per heavy atom. The molecule has 0 bridgehead atoms. The molecule has 0 saturated carbocycles. The van der Waals surface area contributed by atoms with Crippen LogP contribution in [0.1, 0.15) is 16.3 Å². The zero-order chi connectivity index (χ0) is 21.4. The van der Waals surface area contributed by atoms with Gasteiger partial charge < -0.3 is 16.4 Å². The first kappa shape index (κ1) is 26.1. The van der Waals surface area contributed by atoms with Crippen LogP contribution in [-0.4, -0.2) is 37.0 Å². The molecule has 0 radical (unpaired) electrons. The fourth-order valence-electron chi connectivity index (χ4n) is 2.46. The third-order valence-corrected chi connectivity index (χ3v) is 4.92. The van der Waals surface area contributed by atoms with Gasteiger partial charge >= 0.3 is 6.18 Å². The number of aliphatic imine (C=N–C) groups is 1. The van der Waals surface area contributed by atoms with Crippen LogP contribution in [-0.2, 0) is 23.8 Å². The first-order valence-corrected chi connectivity index (χ1v) is 9.57. The second-order valence-electron chi connectivity index (χ2n) is 6.18. The normalized spacial score (nSPS) is 12.8. The van der Waals surface area contributed by atoms with Gasteiger partial charge in [-0.05, 0) is 24.1 Å². The van der Waals surface area contributed by atoms with Crippen LogP contribution in [0.15, 0.2) is 34.6 Å². The number of guanidine groups is 1. The third-order valence-electron chi connectivity index (χ3n) is 4.01. The highest BCUT2D eigenvalue weighted by molar-refractivity contribution is 14.0. The van der Waals surface area contributed by atoms with E-state index in [-0.39, 0.29) is 42.8 Å². The summed E-state index contributed by atoms with van der Waals surface area (Å²) in [5.41, 5.74) is 5.31. The third kappa shape index (κ3) is 8.42. The van der Waals surface area contributed by atoms with Crippen molar-refractivity contribution < 1.29 is 22.4 Å². The van der Waals surface area contributed by atoms with Crippen molar-refractivity contribution >= 4 is 47.2 Å². The first-order valence-electron chi connectivity index (χ1n) is 8.69. The zero-order valence-electron chi connectivity index (χ0n) is 16.0. The molecule has 0 fully saturated rings. The summed E-state index contributed by atoms with van der Waals surface area (Å²) in [5.74, 6) is -1.05. The van der Waals surface area contributed by atoms with Gasteiger partial charge in [0.1, 0.15) is 5.82 Å². The number of aromatic nitrogens is 1. The van der Waals surface area contributed by atoms with Gasteiger partial charge in [-0.3, -0.25) is 9.79 Å². The molecule has 6 nitrogen and oxygen atoms in total. The van der Waals surface area contributed by atoms with Crippen molar-refractivity contribution in [2.24, 2.45) is 16.6 Å². The van der Waals surface area contributed by atoms with Gasteiger partial charge in [0.15, 0.2) is 11.7 Å². The lowest BCUT2D eigenvalue weighted by Crippen LogP contribution is -2.43. The molecule has 1 aromatic heterocycles. The second kappa shape index (κ2) is 12.0. The van der Waals surface area contributed by atoms with E-state index in [0.29, 0.717) is 23.9 Å². The molecule has 1 atom stereocenters. The predicted molar refractivity (Wildman–Crippen MR) is 118 cm³/mol. The average molecular weight is 559 g/mol. The van der Waals surface area contributed by atoms with E-state index in [1.54, 1.807) is 12.1 Å². The number of benzene rings is 1. The summed E-state index contributed by atoms with van der Waals surface area (Å²) in [6.45, 7) is 0.505. The molecule has 0 aliphatic rings. The smallest absolute Gasteiger partial charge is 0.369 e. The number of nitrogens with two attached hydrogens (primary N) is 1. The zero-order valence-corrected chi connectivity index (χ0v) is 19.1. The van der Waals surface area contributed by atoms with Crippen LogP contribution >= 0.6 is 35.3 Å². The van der Waals surface area contributed by atoms with Crippen molar-refractivity contribution in [3.8, 4) is 0 Å². The predicted octanol–water partition coefficient (Wildman–Crippen LogP) is 2.97. The number of thiazole rings is 1. The Morgan fingerprint density at radius 3 is 2.47 bits per heavy atom. The maximum Gasteiger partial charge on any atom is 0.434 e. The summed E-state index contributed by atoms with van der Waals surface area (Å²) in [7, 11) is 1.53. The number of rotatable bonds is 8. The lowest BCUT2D eigenvalue weighted by molar-refractivity contribution is -0.140. The molecule has 12 heteroatoms. The van der Waals surface area contributed by atoms with Crippen molar-refractivity contribution in [1.29, 1.82) is 0 Å². The number of alkyl halides is 3. The minimum absolute atomic E-state index is 0.